The minimum atomic E-state index is -3.06. The lowest BCUT2D eigenvalue weighted by atomic mass is 10.2. The number of non-ortho nitro benzene ring substituents is 1. The van der Waals surface area contributed by atoms with E-state index in [0.29, 0.717) is 0 Å². The molecule has 0 heterocycles. The van der Waals surface area contributed by atoms with Crippen molar-refractivity contribution in [3.05, 3.63) is 63.7 Å². The number of carbonyl (C=O) groups is 2. The summed E-state index contributed by atoms with van der Waals surface area (Å²) >= 11 is 0. The molecule has 0 bridgehead atoms. The third-order valence-electron chi connectivity index (χ3n) is 3.33. The third-order valence-corrected chi connectivity index (χ3v) is 3.33. The Morgan fingerprint density at radius 3 is 2.29 bits per heavy atom. The second kappa shape index (κ2) is 9.26. The molecule has 148 valence electrons. The highest BCUT2D eigenvalue weighted by Gasteiger charge is 2.16. The van der Waals surface area contributed by atoms with E-state index in [1.807, 2.05) is 0 Å². The molecule has 2 amide bonds. The number of nitrogens with one attached hydrogen (secondary N) is 2. The quantitative estimate of drug-likeness (QED) is 0.549. The molecule has 0 fully saturated rings. The Hall–Kier alpha value is -3.76. The summed E-state index contributed by atoms with van der Waals surface area (Å²) in [5.41, 5.74) is 3.92. The highest BCUT2D eigenvalue weighted by molar-refractivity contribution is 5.99. The van der Waals surface area contributed by atoms with Crippen LogP contribution in [0.15, 0.2) is 42.5 Å². The molecule has 2 rings (SSSR count). The Morgan fingerprint density at radius 2 is 1.71 bits per heavy atom. The summed E-state index contributed by atoms with van der Waals surface area (Å²) in [4.78, 5) is 34.3. The van der Waals surface area contributed by atoms with Gasteiger partial charge in [-0.3, -0.25) is 30.6 Å². The molecule has 2 aromatic carbocycles. The van der Waals surface area contributed by atoms with Crippen molar-refractivity contribution in [2.24, 2.45) is 0 Å². The van der Waals surface area contributed by atoms with Crippen LogP contribution >= 0.6 is 0 Å². The van der Waals surface area contributed by atoms with Gasteiger partial charge in [-0.2, -0.15) is 8.78 Å². The molecule has 0 spiro atoms. The van der Waals surface area contributed by atoms with E-state index in [2.05, 4.69) is 15.6 Å². The van der Waals surface area contributed by atoms with Crippen molar-refractivity contribution in [1.82, 2.24) is 10.9 Å². The lowest BCUT2D eigenvalue weighted by molar-refractivity contribution is -0.384. The van der Waals surface area contributed by atoms with Crippen LogP contribution in [0.2, 0.25) is 0 Å². The zero-order valence-electron chi connectivity index (χ0n) is 14.5. The normalized spacial score (nSPS) is 10.3. The number of nitro benzene ring substituents is 1. The predicted octanol–water partition coefficient (Wildman–Crippen LogP) is 2.67. The molecule has 2 aromatic rings. The van der Waals surface area contributed by atoms with Crippen LogP contribution in [0.1, 0.15) is 27.6 Å². The van der Waals surface area contributed by atoms with Crippen molar-refractivity contribution >= 4 is 17.5 Å². The van der Waals surface area contributed by atoms with Gasteiger partial charge >= 0.3 is 6.61 Å². The topological polar surface area (TPSA) is 120 Å². The summed E-state index contributed by atoms with van der Waals surface area (Å²) in [7, 11) is 0. The van der Waals surface area contributed by atoms with E-state index in [1.165, 1.54) is 30.3 Å². The van der Waals surface area contributed by atoms with E-state index in [1.54, 1.807) is 6.92 Å². The number of nitrogens with zero attached hydrogens (tertiary/aromatic N) is 1. The van der Waals surface area contributed by atoms with Gasteiger partial charge in [0.1, 0.15) is 0 Å². The number of rotatable bonds is 7. The zero-order valence-corrected chi connectivity index (χ0v) is 14.5. The molecule has 0 aliphatic heterocycles. The highest BCUT2D eigenvalue weighted by atomic mass is 19.3. The smallest absolute Gasteiger partial charge is 0.387 e. The number of ether oxygens (including phenoxy) is 2. The Bertz CT molecular complexity index is 891. The fourth-order valence-corrected chi connectivity index (χ4v) is 2.13. The van der Waals surface area contributed by atoms with Gasteiger partial charge in [-0.15, -0.1) is 0 Å². The van der Waals surface area contributed by atoms with Gasteiger partial charge in [0.05, 0.1) is 11.5 Å². The van der Waals surface area contributed by atoms with Crippen molar-refractivity contribution in [2.45, 2.75) is 13.5 Å². The lowest BCUT2D eigenvalue weighted by Gasteiger charge is -2.13. The molecule has 0 aromatic heterocycles. The lowest BCUT2D eigenvalue weighted by Crippen LogP contribution is -2.41. The van der Waals surface area contributed by atoms with E-state index < -0.39 is 23.3 Å². The molecule has 2 N–H and O–H groups in total. The van der Waals surface area contributed by atoms with Gasteiger partial charge in [0.15, 0.2) is 11.5 Å². The molecular formula is C17H15F2N3O6. The molecule has 0 atom stereocenters. The summed E-state index contributed by atoms with van der Waals surface area (Å²) in [5, 5.41) is 10.7. The summed E-state index contributed by atoms with van der Waals surface area (Å²) in [5.74, 6) is -1.85. The first-order chi connectivity index (χ1) is 13.3. The first kappa shape index (κ1) is 20.6. The molecule has 0 aliphatic rings. The number of benzene rings is 2. The maximum absolute atomic E-state index is 12.4. The second-order valence-electron chi connectivity index (χ2n) is 5.19. The van der Waals surface area contributed by atoms with E-state index in [0.717, 1.165) is 12.1 Å². The molecule has 0 unspecified atom stereocenters. The number of carbonyl (C=O) groups excluding carboxylic acids is 2. The highest BCUT2D eigenvalue weighted by Crippen LogP contribution is 2.29. The van der Waals surface area contributed by atoms with Crippen LogP contribution in [0.25, 0.3) is 0 Å². The maximum atomic E-state index is 12.4. The van der Waals surface area contributed by atoms with E-state index >= 15 is 0 Å². The fourth-order valence-electron chi connectivity index (χ4n) is 2.13. The number of hydrogen-bond acceptors (Lipinski definition) is 6. The minimum absolute atomic E-state index is 0.00408. The molecule has 0 radical (unpaired) electrons. The van der Waals surface area contributed by atoms with Crippen LogP contribution in [0.3, 0.4) is 0 Å². The van der Waals surface area contributed by atoms with Crippen LogP contribution in [0.4, 0.5) is 14.5 Å². The summed E-state index contributed by atoms with van der Waals surface area (Å²) in [6.07, 6.45) is 0. The van der Waals surface area contributed by atoms with Crippen LogP contribution in [-0.2, 0) is 0 Å². The van der Waals surface area contributed by atoms with Crippen LogP contribution < -0.4 is 20.3 Å². The van der Waals surface area contributed by atoms with Crippen molar-refractivity contribution in [1.29, 1.82) is 0 Å². The Labute approximate surface area is 157 Å². The van der Waals surface area contributed by atoms with Gasteiger partial charge in [-0.05, 0) is 31.2 Å². The van der Waals surface area contributed by atoms with E-state index in [4.69, 9.17) is 4.74 Å². The fraction of sp³-hybridized carbons (Fsp3) is 0.176. The SMILES string of the molecule is CCOc1cc(C(=O)NNC(=O)c2cccc([N+](=O)[O-])c2)ccc1OC(F)F. The van der Waals surface area contributed by atoms with Gasteiger partial charge < -0.3 is 9.47 Å². The molecule has 0 saturated heterocycles. The number of hydrogen-bond donors (Lipinski definition) is 2. The molecule has 28 heavy (non-hydrogen) atoms. The van der Waals surface area contributed by atoms with Crippen molar-refractivity contribution < 1.29 is 32.8 Å². The first-order valence-electron chi connectivity index (χ1n) is 7.88. The van der Waals surface area contributed by atoms with Crippen molar-refractivity contribution in [2.75, 3.05) is 6.61 Å². The largest absolute Gasteiger partial charge is 0.490 e. The standard InChI is InChI=1S/C17H15F2N3O6/c1-2-27-14-9-11(6-7-13(14)28-17(18)19)16(24)21-20-15(23)10-4-3-5-12(8-10)22(25)26/h3-9,17H,2H2,1H3,(H,20,23)(H,21,24). The van der Waals surface area contributed by atoms with Crippen molar-refractivity contribution in [3.8, 4) is 11.5 Å². The minimum Gasteiger partial charge on any atom is -0.490 e. The van der Waals surface area contributed by atoms with Crippen molar-refractivity contribution in [3.63, 3.8) is 0 Å². The number of hydrazine groups is 1. The zero-order chi connectivity index (χ0) is 20.7. The van der Waals surface area contributed by atoms with Gasteiger partial charge in [0, 0.05) is 23.3 Å². The van der Waals surface area contributed by atoms with E-state index in [-0.39, 0.29) is 34.9 Å². The van der Waals surface area contributed by atoms with Crippen LogP contribution in [-0.4, -0.2) is 30.0 Å². The molecule has 11 heteroatoms. The molecule has 9 nitrogen and oxygen atoms in total. The number of amides is 2. The van der Waals surface area contributed by atoms with Crippen LogP contribution in [0.5, 0.6) is 11.5 Å². The number of nitro groups is 1. The Kier molecular flexibility index (Phi) is 6.79. The van der Waals surface area contributed by atoms with Gasteiger partial charge in [0.2, 0.25) is 0 Å². The molecule has 0 saturated carbocycles. The van der Waals surface area contributed by atoms with Gasteiger partial charge in [0.25, 0.3) is 17.5 Å². The average Bonchev–Trinajstić information content (AvgIpc) is 2.67. The number of halogens is 2. The van der Waals surface area contributed by atoms with Crippen LogP contribution in [0, 0.1) is 10.1 Å². The van der Waals surface area contributed by atoms with E-state index in [9.17, 15) is 28.5 Å². The third kappa shape index (κ3) is 5.37. The summed E-state index contributed by atoms with van der Waals surface area (Å²) < 4.78 is 34.3. The maximum Gasteiger partial charge on any atom is 0.387 e. The molecule has 0 aliphatic carbocycles. The second-order valence-corrected chi connectivity index (χ2v) is 5.19. The predicted molar refractivity (Wildman–Crippen MR) is 92.3 cm³/mol. The summed E-state index contributed by atoms with van der Waals surface area (Å²) in [6, 6.07) is 8.43. The molecular weight excluding hydrogens is 380 g/mol. The Morgan fingerprint density at radius 1 is 1.07 bits per heavy atom. The summed E-state index contributed by atoms with van der Waals surface area (Å²) in [6.45, 7) is -1.29. The number of alkyl halides is 2. The van der Waals surface area contributed by atoms with Gasteiger partial charge in [-0.25, -0.2) is 0 Å². The van der Waals surface area contributed by atoms with Gasteiger partial charge in [-0.1, -0.05) is 6.07 Å². The first-order valence-corrected chi connectivity index (χ1v) is 7.88. The monoisotopic (exact) mass is 395 g/mol. The Balaban J connectivity index is 2.08. The average molecular weight is 395 g/mol.